The number of hydrogen-bond donors (Lipinski definition) is 1. The number of nitrogens with zero attached hydrogens (tertiary/aromatic N) is 1. The van der Waals surface area contributed by atoms with Gasteiger partial charge < -0.3 is 5.11 Å². The summed E-state index contributed by atoms with van der Waals surface area (Å²) < 4.78 is 14.8. The van der Waals surface area contributed by atoms with Crippen LogP contribution in [0.25, 0.3) is 10.2 Å². The summed E-state index contributed by atoms with van der Waals surface area (Å²) in [4.78, 5) is 15.6. The summed E-state index contributed by atoms with van der Waals surface area (Å²) in [7, 11) is 0. The van der Waals surface area contributed by atoms with Crippen LogP contribution in [-0.4, -0.2) is 16.1 Å². The van der Waals surface area contributed by atoms with Crippen molar-refractivity contribution in [2.75, 3.05) is 0 Å². The van der Waals surface area contributed by atoms with Crippen molar-refractivity contribution < 1.29 is 14.3 Å². The van der Waals surface area contributed by atoms with Gasteiger partial charge in [0.1, 0.15) is 5.52 Å². The average molecular weight is 319 g/mol. The third-order valence-corrected chi connectivity index (χ3v) is 6.59. The number of aromatic nitrogens is 1. The lowest BCUT2D eigenvalue weighted by Gasteiger charge is -2.29. The first-order valence-electron chi connectivity index (χ1n) is 7.88. The summed E-state index contributed by atoms with van der Waals surface area (Å²) >= 11 is 1.48. The average Bonchev–Trinajstić information content (AvgIpc) is 2.97. The van der Waals surface area contributed by atoms with E-state index in [0.717, 1.165) is 11.1 Å². The number of carbonyl (C=O) groups is 1. The molecule has 2 bridgehead atoms. The molecular formula is C17H18FNO2S. The van der Waals surface area contributed by atoms with E-state index in [0.29, 0.717) is 33.9 Å². The van der Waals surface area contributed by atoms with Crippen molar-refractivity contribution >= 4 is 27.5 Å². The van der Waals surface area contributed by atoms with E-state index in [9.17, 15) is 9.18 Å². The molecular weight excluding hydrogens is 301 g/mol. The van der Waals surface area contributed by atoms with E-state index in [2.05, 4.69) is 11.9 Å². The topological polar surface area (TPSA) is 50.2 Å². The molecule has 5 heteroatoms. The van der Waals surface area contributed by atoms with E-state index in [-0.39, 0.29) is 5.56 Å². The van der Waals surface area contributed by atoms with Gasteiger partial charge in [-0.1, -0.05) is 13.3 Å². The first-order chi connectivity index (χ1) is 10.5. The van der Waals surface area contributed by atoms with Crippen LogP contribution >= 0.6 is 11.3 Å². The normalized spacial score (nSPS) is 30.8. The van der Waals surface area contributed by atoms with Crippen LogP contribution in [0.3, 0.4) is 0 Å². The van der Waals surface area contributed by atoms with E-state index in [1.54, 1.807) is 6.07 Å². The van der Waals surface area contributed by atoms with Crippen molar-refractivity contribution in [3.8, 4) is 0 Å². The molecule has 3 nitrogen and oxygen atoms in total. The number of benzene rings is 1. The van der Waals surface area contributed by atoms with Gasteiger partial charge in [-0.25, -0.2) is 14.2 Å². The standard InChI is InChI=1S/C17H18FNO2S/c1-8-5-9-3-2-4-11(8)14(9)16-19-15-12(18)6-10(17(20)21)7-13(15)22-16/h6-9,11,14H,2-5H2,1H3,(H,20,21)/t8?,9-,11?,14?/m0/s1. The molecule has 1 aromatic carbocycles. The minimum Gasteiger partial charge on any atom is -0.478 e. The van der Waals surface area contributed by atoms with Crippen molar-refractivity contribution in [3.63, 3.8) is 0 Å². The van der Waals surface area contributed by atoms with E-state index in [1.807, 2.05) is 0 Å². The third kappa shape index (κ3) is 2.06. The molecule has 0 saturated heterocycles. The number of carboxylic acids is 1. The lowest BCUT2D eigenvalue weighted by molar-refractivity contribution is 0.0696. The first kappa shape index (κ1) is 14.1. The van der Waals surface area contributed by atoms with Gasteiger partial charge in [-0.3, -0.25) is 0 Å². The zero-order valence-corrected chi connectivity index (χ0v) is 13.2. The Morgan fingerprint density at radius 3 is 2.95 bits per heavy atom. The Hall–Kier alpha value is -1.49. The van der Waals surface area contributed by atoms with Gasteiger partial charge in [0.2, 0.25) is 0 Å². The molecule has 2 aromatic rings. The number of fused-ring (bicyclic) bond motifs is 3. The largest absolute Gasteiger partial charge is 0.478 e. The number of hydrogen-bond acceptors (Lipinski definition) is 3. The van der Waals surface area contributed by atoms with Crippen LogP contribution in [0.4, 0.5) is 4.39 Å². The number of aromatic carboxylic acids is 1. The molecule has 1 aromatic heterocycles. The highest BCUT2D eigenvalue weighted by Gasteiger charge is 2.45. The Balaban J connectivity index is 1.80. The highest BCUT2D eigenvalue weighted by atomic mass is 32.1. The van der Waals surface area contributed by atoms with E-state index in [1.165, 1.54) is 37.0 Å². The maximum Gasteiger partial charge on any atom is 0.335 e. The number of carboxylic acid groups (broad SMARTS) is 1. The van der Waals surface area contributed by atoms with Crippen molar-refractivity contribution in [3.05, 3.63) is 28.5 Å². The van der Waals surface area contributed by atoms with Gasteiger partial charge >= 0.3 is 5.97 Å². The van der Waals surface area contributed by atoms with Crippen molar-refractivity contribution in [2.24, 2.45) is 17.8 Å². The smallest absolute Gasteiger partial charge is 0.335 e. The van der Waals surface area contributed by atoms with Gasteiger partial charge in [-0.15, -0.1) is 11.3 Å². The molecule has 2 saturated carbocycles. The molecule has 0 amide bonds. The minimum atomic E-state index is -1.10. The Morgan fingerprint density at radius 2 is 2.23 bits per heavy atom. The third-order valence-electron chi connectivity index (χ3n) is 5.48. The second-order valence-corrected chi connectivity index (χ2v) is 7.82. The Morgan fingerprint density at radius 1 is 1.41 bits per heavy atom. The molecule has 3 unspecified atom stereocenters. The molecule has 1 N–H and O–H groups in total. The molecule has 116 valence electrons. The van der Waals surface area contributed by atoms with Crippen LogP contribution in [0.15, 0.2) is 12.1 Å². The second kappa shape index (κ2) is 5.01. The quantitative estimate of drug-likeness (QED) is 0.875. The molecule has 0 spiro atoms. The van der Waals surface area contributed by atoms with Crippen LogP contribution < -0.4 is 0 Å². The van der Waals surface area contributed by atoms with Gasteiger partial charge in [-0.05, 0) is 49.1 Å². The van der Waals surface area contributed by atoms with Gasteiger partial charge in [0, 0.05) is 5.92 Å². The molecule has 1 heterocycles. The van der Waals surface area contributed by atoms with Gasteiger partial charge in [0.25, 0.3) is 0 Å². The first-order valence-corrected chi connectivity index (χ1v) is 8.69. The fourth-order valence-corrected chi connectivity index (χ4v) is 5.83. The molecule has 4 rings (SSSR count). The van der Waals surface area contributed by atoms with Crippen molar-refractivity contribution in [1.82, 2.24) is 4.98 Å². The molecule has 2 aliphatic rings. The number of thiazole rings is 1. The molecule has 2 aliphatic carbocycles. The van der Waals surface area contributed by atoms with E-state index < -0.39 is 11.8 Å². The van der Waals surface area contributed by atoms with Gasteiger partial charge in [0.05, 0.1) is 15.3 Å². The molecule has 22 heavy (non-hydrogen) atoms. The molecule has 0 radical (unpaired) electrons. The number of rotatable bonds is 2. The summed E-state index contributed by atoms with van der Waals surface area (Å²) in [6.45, 7) is 2.32. The summed E-state index contributed by atoms with van der Waals surface area (Å²) in [5.74, 6) is 0.853. The lowest BCUT2D eigenvalue weighted by atomic mass is 9.78. The van der Waals surface area contributed by atoms with Crippen molar-refractivity contribution in [2.45, 2.75) is 38.5 Å². The summed E-state index contributed by atoms with van der Waals surface area (Å²) in [6, 6.07) is 2.63. The van der Waals surface area contributed by atoms with Crippen LogP contribution in [-0.2, 0) is 0 Å². The van der Waals surface area contributed by atoms with Crippen LogP contribution in [0, 0.1) is 23.6 Å². The Bertz CT molecular complexity index is 756. The zero-order chi connectivity index (χ0) is 15.4. The molecule has 2 fully saturated rings. The summed E-state index contributed by atoms with van der Waals surface area (Å²) in [5.41, 5.74) is 0.336. The second-order valence-electron chi connectivity index (χ2n) is 6.76. The van der Waals surface area contributed by atoms with E-state index >= 15 is 0 Å². The van der Waals surface area contributed by atoms with Crippen LogP contribution in [0.2, 0.25) is 0 Å². The maximum absolute atomic E-state index is 14.2. The lowest BCUT2D eigenvalue weighted by Crippen LogP contribution is -2.19. The summed E-state index contributed by atoms with van der Waals surface area (Å²) in [5, 5.41) is 10.1. The zero-order valence-electron chi connectivity index (χ0n) is 12.4. The van der Waals surface area contributed by atoms with Gasteiger partial charge in [-0.2, -0.15) is 0 Å². The fraction of sp³-hybridized carbons (Fsp3) is 0.529. The molecule has 4 atom stereocenters. The predicted octanol–water partition coefficient (Wildman–Crippen LogP) is 4.67. The fourth-order valence-electron chi connectivity index (χ4n) is 4.54. The van der Waals surface area contributed by atoms with Gasteiger partial charge in [0.15, 0.2) is 5.82 Å². The van der Waals surface area contributed by atoms with E-state index in [4.69, 9.17) is 5.11 Å². The molecule has 0 aliphatic heterocycles. The van der Waals surface area contributed by atoms with Crippen LogP contribution in [0.5, 0.6) is 0 Å². The SMILES string of the molecule is CC1C[C@@H]2CCCC1C2c1nc2c(F)cc(C(=O)O)cc2s1. The highest BCUT2D eigenvalue weighted by Crippen LogP contribution is 2.55. The summed E-state index contributed by atoms with van der Waals surface area (Å²) in [6.07, 6.45) is 5.01. The van der Waals surface area contributed by atoms with Crippen molar-refractivity contribution in [1.29, 1.82) is 0 Å². The highest BCUT2D eigenvalue weighted by molar-refractivity contribution is 7.18. The maximum atomic E-state index is 14.2. The number of halogens is 1. The van der Waals surface area contributed by atoms with Crippen LogP contribution in [0.1, 0.15) is 53.9 Å². The minimum absolute atomic E-state index is 0.000171. The Labute approximate surface area is 132 Å². The Kier molecular flexibility index (Phi) is 3.22. The predicted molar refractivity (Wildman–Crippen MR) is 83.9 cm³/mol. The monoisotopic (exact) mass is 319 g/mol.